The van der Waals surface area contributed by atoms with Crippen LogP contribution in [0.2, 0.25) is 0 Å². The first-order chi connectivity index (χ1) is 7.56. The molecular weight excluding hydrogens is 325 g/mol. The lowest BCUT2D eigenvalue weighted by molar-refractivity contribution is 0.690. The molecule has 0 aliphatic heterocycles. The van der Waals surface area contributed by atoms with E-state index in [0.717, 1.165) is 0 Å². The standard InChI is InChI=1S/C8H8IN5O2/c1-13-2-5(11-12-13)3-14-4-6(9)7(15)10-8(14)16/h2,4H,3H2,1H3,(H,10,15,16). The summed E-state index contributed by atoms with van der Waals surface area (Å²) in [7, 11) is 1.75. The molecule has 2 aromatic rings. The topological polar surface area (TPSA) is 85.6 Å². The molecule has 84 valence electrons. The molecule has 2 heterocycles. The van der Waals surface area contributed by atoms with Crippen LogP contribution in [0.4, 0.5) is 0 Å². The van der Waals surface area contributed by atoms with Crippen molar-refractivity contribution in [1.29, 1.82) is 0 Å². The number of aryl methyl sites for hydroxylation is 1. The zero-order chi connectivity index (χ0) is 11.7. The van der Waals surface area contributed by atoms with E-state index in [1.54, 1.807) is 17.9 Å². The van der Waals surface area contributed by atoms with E-state index < -0.39 is 5.69 Å². The Bertz CT molecular complexity index is 626. The van der Waals surface area contributed by atoms with Gasteiger partial charge in [0.15, 0.2) is 0 Å². The fraction of sp³-hybridized carbons (Fsp3) is 0.250. The van der Waals surface area contributed by atoms with Crippen molar-refractivity contribution in [3.05, 3.63) is 42.5 Å². The summed E-state index contributed by atoms with van der Waals surface area (Å²) in [6.45, 7) is 0.291. The van der Waals surface area contributed by atoms with E-state index in [1.807, 2.05) is 22.6 Å². The van der Waals surface area contributed by atoms with E-state index in [1.165, 1.54) is 10.8 Å². The lowest BCUT2D eigenvalue weighted by Gasteiger charge is -2.01. The van der Waals surface area contributed by atoms with E-state index in [9.17, 15) is 9.59 Å². The van der Waals surface area contributed by atoms with Crippen molar-refractivity contribution < 1.29 is 0 Å². The normalized spacial score (nSPS) is 10.6. The van der Waals surface area contributed by atoms with Crippen LogP contribution in [-0.2, 0) is 13.6 Å². The number of nitrogens with one attached hydrogen (secondary N) is 1. The third-order valence-electron chi connectivity index (χ3n) is 1.95. The number of nitrogens with zero attached hydrogens (tertiary/aromatic N) is 4. The molecule has 2 aromatic heterocycles. The SMILES string of the molecule is Cn1cc(Cn2cc(I)c(=O)[nH]c2=O)nn1. The Morgan fingerprint density at radius 3 is 2.81 bits per heavy atom. The number of rotatable bonds is 2. The van der Waals surface area contributed by atoms with Crippen molar-refractivity contribution in [2.24, 2.45) is 7.05 Å². The van der Waals surface area contributed by atoms with Crippen LogP contribution < -0.4 is 11.2 Å². The van der Waals surface area contributed by atoms with Crippen LogP contribution in [0.5, 0.6) is 0 Å². The molecular formula is C8H8IN5O2. The minimum Gasteiger partial charge on any atom is -0.293 e. The second-order valence-corrected chi connectivity index (χ2v) is 4.41. The summed E-state index contributed by atoms with van der Waals surface area (Å²) in [5, 5.41) is 7.62. The first kappa shape index (κ1) is 11.0. The molecule has 16 heavy (non-hydrogen) atoms. The van der Waals surface area contributed by atoms with E-state index in [4.69, 9.17) is 0 Å². The van der Waals surface area contributed by atoms with Crippen molar-refractivity contribution in [1.82, 2.24) is 24.5 Å². The van der Waals surface area contributed by atoms with Gasteiger partial charge in [-0.25, -0.2) is 4.79 Å². The Kier molecular flexibility index (Phi) is 2.90. The summed E-state index contributed by atoms with van der Waals surface area (Å²) in [5.41, 5.74) is -0.162. The zero-order valence-corrected chi connectivity index (χ0v) is 10.5. The fourth-order valence-corrected chi connectivity index (χ4v) is 1.71. The maximum Gasteiger partial charge on any atom is 0.328 e. The first-order valence-corrected chi connectivity index (χ1v) is 5.48. The predicted molar refractivity (Wildman–Crippen MR) is 64.1 cm³/mol. The molecule has 8 heteroatoms. The Balaban J connectivity index is 2.39. The molecule has 0 radical (unpaired) electrons. The van der Waals surface area contributed by atoms with Crippen LogP contribution >= 0.6 is 22.6 Å². The maximum atomic E-state index is 11.5. The molecule has 0 fully saturated rings. The van der Waals surface area contributed by atoms with Crippen LogP contribution in [0.15, 0.2) is 22.0 Å². The quantitative estimate of drug-likeness (QED) is 0.738. The summed E-state index contributed by atoms with van der Waals surface area (Å²) in [5.74, 6) is 0. The predicted octanol–water partition coefficient (Wildman–Crippen LogP) is -0.682. The van der Waals surface area contributed by atoms with Gasteiger partial charge in [0, 0.05) is 19.4 Å². The van der Waals surface area contributed by atoms with Gasteiger partial charge in [0.1, 0.15) is 5.69 Å². The summed E-state index contributed by atoms with van der Waals surface area (Å²) >= 11 is 1.87. The van der Waals surface area contributed by atoms with Gasteiger partial charge in [0.05, 0.1) is 10.1 Å². The molecule has 0 bridgehead atoms. The molecule has 0 unspecified atom stereocenters. The van der Waals surface area contributed by atoms with Gasteiger partial charge < -0.3 is 0 Å². The molecule has 0 aliphatic carbocycles. The molecule has 0 spiro atoms. The highest BCUT2D eigenvalue weighted by molar-refractivity contribution is 14.1. The Labute approximate surface area is 103 Å². The largest absolute Gasteiger partial charge is 0.328 e. The Morgan fingerprint density at radius 1 is 1.44 bits per heavy atom. The van der Waals surface area contributed by atoms with E-state index >= 15 is 0 Å². The summed E-state index contributed by atoms with van der Waals surface area (Å²) < 4.78 is 3.39. The molecule has 0 aliphatic rings. The molecule has 0 aromatic carbocycles. The maximum absolute atomic E-state index is 11.5. The minimum atomic E-state index is -0.448. The summed E-state index contributed by atoms with van der Waals surface area (Å²) in [4.78, 5) is 24.8. The van der Waals surface area contributed by atoms with E-state index in [0.29, 0.717) is 15.8 Å². The third-order valence-corrected chi connectivity index (χ3v) is 2.72. The summed E-state index contributed by atoms with van der Waals surface area (Å²) in [6.07, 6.45) is 3.21. The summed E-state index contributed by atoms with van der Waals surface area (Å²) in [6, 6.07) is 0. The zero-order valence-electron chi connectivity index (χ0n) is 8.35. The number of halogens is 1. The van der Waals surface area contributed by atoms with Crippen molar-refractivity contribution in [2.45, 2.75) is 6.54 Å². The van der Waals surface area contributed by atoms with Gasteiger partial charge in [-0.1, -0.05) is 5.21 Å². The van der Waals surface area contributed by atoms with Gasteiger partial charge in [0.25, 0.3) is 5.56 Å². The highest BCUT2D eigenvalue weighted by atomic mass is 127. The molecule has 2 rings (SSSR count). The number of aromatic nitrogens is 5. The molecule has 0 atom stereocenters. The second kappa shape index (κ2) is 4.20. The lowest BCUT2D eigenvalue weighted by atomic mass is 10.4. The average Bonchev–Trinajstić information content (AvgIpc) is 2.60. The number of H-pyrrole nitrogens is 1. The van der Waals surface area contributed by atoms with Crippen molar-refractivity contribution in [3.8, 4) is 0 Å². The molecule has 0 saturated heterocycles. The third kappa shape index (κ3) is 2.21. The van der Waals surface area contributed by atoms with Crippen LogP contribution in [0.3, 0.4) is 0 Å². The Hall–Kier alpha value is -1.45. The Morgan fingerprint density at radius 2 is 2.19 bits per heavy atom. The second-order valence-electron chi connectivity index (χ2n) is 3.25. The van der Waals surface area contributed by atoms with E-state index in [-0.39, 0.29) is 5.56 Å². The minimum absolute atomic E-state index is 0.291. The highest BCUT2D eigenvalue weighted by Gasteiger charge is 2.04. The van der Waals surface area contributed by atoms with Gasteiger partial charge in [-0.2, -0.15) is 0 Å². The molecule has 0 saturated carbocycles. The van der Waals surface area contributed by atoms with Crippen molar-refractivity contribution >= 4 is 22.6 Å². The van der Waals surface area contributed by atoms with Crippen LogP contribution in [-0.4, -0.2) is 24.5 Å². The number of aromatic amines is 1. The van der Waals surface area contributed by atoms with Crippen LogP contribution in [0.1, 0.15) is 5.69 Å². The monoisotopic (exact) mass is 333 g/mol. The molecule has 7 nitrogen and oxygen atoms in total. The van der Waals surface area contributed by atoms with Gasteiger partial charge >= 0.3 is 5.69 Å². The van der Waals surface area contributed by atoms with Crippen LogP contribution in [0, 0.1) is 3.57 Å². The van der Waals surface area contributed by atoms with Crippen molar-refractivity contribution in [2.75, 3.05) is 0 Å². The smallest absolute Gasteiger partial charge is 0.293 e. The van der Waals surface area contributed by atoms with E-state index in [2.05, 4.69) is 15.3 Å². The first-order valence-electron chi connectivity index (χ1n) is 4.41. The van der Waals surface area contributed by atoms with Gasteiger partial charge in [-0.05, 0) is 22.6 Å². The van der Waals surface area contributed by atoms with Gasteiger partial charge in [-0.3, -0.25) is 19.0 Å². The molecule has 1 N–H and O–H groups in total. The number of hydrogen-bond donors (Lipinski definition) is 1. The van der Waals surface area contributed by atoms with Crippen LogP contribution in [0.25, 0.3) is 0 Å². The van der Waals surface area contributed by atoms with Gasteiger partial charge in [-0.15, -0.1) is 5.10 Å². The fourth-order valence-electron chi connectivity index (χ4n) is 1.24. The van der Waals surface area contributed by atoms with Crippen molar-refractivity contribution in [3.63, 3.8) is 0 Å². The highest BCUT2D eigenvalue weighted by Crippen LogP contribution is 1.97. The lowest BCUT2D eigenvalue weighted by Crippen LogP contribution is -2.31. The number of hydrogen-bond acceptors (Lipinski definition) is 4. The molecule has 0 amide bonds. The van der Waals surface area contributed by atoms with Gasteiger partial charge in [0.2, 0.25) is 0 Å². The average molecular weight is 333 g/mol.